The quantitative estimate of drug-likeness (QED) is 0.627. The zero-order chi connectivity index (χ0) is 20.7. The first kappa shape index (κ1) is 19.3. The van der Waals surface area contributed by atoms with Gasteiger partial charge in [-0.15, -0.1) is 0 Å². The topological polar surface area (TPSA) is 68.1 Å². The molecule has 1 N–H and O–H groups in total. The van der Waals surface area contributed by atoms with Crippen molar-refractivity contribution in [3.05, 3.63) is 64.7 Å². The molecular weight excluding hydrogens is 368 g/mol. The lowest BCUT2D eigenvalue weighted by Crippen LogP contribution is -3.20. The van der Waals surface area contributed by atoms with Crippen molar-refractivity contribution in [3.8, 4) is 0 Å². The zero-order valence-electron chi connectivity index (χ0n) is 16.9. The van der Waals surface area contributed by atoms with Crippen LogP contribution in [0.3, 0.4) is 0 Å². The molecule has 6 nitrogen and oxygen atoms in total. The highest BCUT2D eigenvalue weighted by atomic mass is 16.5. The molecule has 4 rings (SSSR count). The van der Waals surface area contributed by atoms with E-state index >= 15 is 0 Å². The number of nitrogens with one attached hydrogen (secondary N) is 1. The highest BCUT2D eigenvalue weighted by Gasteiger charge is 2.51. The average molecular weight is 393 g/mol. The second-order valence-electron chi connectivity index (χ2n) is 7.91. The number of aryl methyl sites for hydroxylation is 2. The molecule has 2 aliphatic rings. The monoisotopic (exact) mass is 393 g/mol. The van der Waals surface area contributed by atoms with Crippen LogP contribution < -0.4 is 9.80 Å². The number of quaternary nitrogens is 1. The lowest BCUT2D eigenvalue weighted by Gasteiger charge is -2.34. The van der Waals surface area contributed by atoms with E-state index in [9.17, 15) is 14.4 Å². The van der Waals surface area contributed by atoms with E-state index in [0.717, 1.165) is 27.2 Å². The fourth-order valence-electron chi connectivity index (χ4n) is 4.50. The van der Waals surface area contributed by atoms with Crippen LogP contribution in [-0.2, 0) is 32.1 Å². The van der Waals surface area contributed by atoms with Crippen LogP contribution in [0, 0.1) is 13.8 Å². The Morgan fingerprint density at radius 3 is 2.52 bits per heavy atom. The highest BCUT2D eigenvalue weighted by molar-refractivity contribution is 6.22. The minimum Gasteiger partial charge on any atom is -0.465 e. The van der Waals surface area contributed by atoms with Gasteiger partial charge in [0.25, 0.3) is 5.91 Å². The number of fused-ring (bicyclic) bond motifs is 1. The molecule has 0 bridgehead atoms. The second-order valence-corrected chi connectivity index (χ2v) is 7.91. The molecular formula is C23H25N2O4+. The third-order valence-electron chi connectivity index (χ3n) is 6.07. The van der Waals surface area contributed by atoms with Crippen LogP contribution in [0.25, 0.3) is 0 Å². The molecule has 1 unspecified atom stereocenters. The third-order valence-corrected chi connectivity index (χ3v) is 6.07. The molecule has 2 aromatic rings. The number of imide groups is 1. The molecule has 0 aromatic heterocycles. The summed E-state index contributed by atoms with van der Waals surface area (Å²) in [7, 11) is 1.37. The predicted octanol–water partition coefficient (Wildman–Crippen LogP) is 1.12. The normalized spacial score (nSPS) is 23.8. The van der Waals surface area contributed by atoms with Gasteiger partial charge in [-0.1, -0.05) is 36.4 Å². The molecule has 0 radical (unpaired) electrons. The Kier molecular flexibility index (Phi) is 4.96. The van der Waals surface area contributed by atoms with E-state index in [1.807, 2.05) is 56.3 Å². The van der Waals surface area contributed by atoms with Gasteiger partial charge in [0, 0.05) is 12.0 Å². The van der Waals surface area contributed by atoms with Gasteiger partial charge in [-0.2, -0.15) is 0 Å². The molecule has 6 heteroatoms. The first-order valence-corrected chi connectivity index (χ1v) is 9.85. The summed E-state index contributed by atoms with van der Waals surface area (Å²) in [4.78, 5) is 40.9. The molecule has 0 aliphatic carbocycles. The van der Waals surface area contributed by atoms with Crippen LogP contribution in [0.4, 0.5) is 5.69 Å². The Morgan fingerprint density at radius 2 is 1.79 bits per heavy atom. The maximum Gasteiger partial charge on any atom is 0.365 e. The summed E-state index contributed by atoms with van der Waals surface area (Å²) in [6, 6.07) is 12.6. The van der Waals surface area contributed by atoms with Crippen LogP contribution in [0.15, 0.2) is 42.5 Å². The van der Waals surface area contributed by atoms with Crippen molar-refractivity contribution in [1.29, 1.82) is 0 Å². The van der Waals surface area contributed by atoms with Crippen molar-refractivity contribution >= 4 is 23.5 Å². The number of esters is 1. The molecule has 0 saturated carbocycles. The SMILES string of the molecule is COC(=O)[C@H]1Cc2ccccc2C[NH+]1[C@H]1CC(=O)N(c2cc(C)ccc2C)C1=O. The predicted molar refractivity (Wildman–Crippen MR) is 107 cm³/mol. The lowest BCUT2D eigenvalue weighted by atomic mass is 9.92. The van der Waals surface area contributed by atoms with E-state index in [1.165, 1.54) is 12.0 Å². The van der Waals surface area contributed by atoms with Crippen molar-refractivity contribution in [1.82, 2.24) is 0 Å². The number of hydrogen-bond donors (Lipinski definition) is 1. The van der Waals surface area contributed by atoms with Gasteiger partial charge >= 0.3 is 5.97 Å². The summed E-state index contributed by atoms with van der Waals surface area (Å²) >= 11 is 0. The van der Waals surface area contributed by atoms with Crippen LogP contribution >= 0.6 is 0 Å². The largest absolute Gasteiger partial charge is 0.465 e. The molecule has 1 fully saturated rings. The number of ether oxygens (including phenoxy) is 1. The summed E-state index contributed by atoms with van der Waals surface area (Å²) in [5, 5.41) is 0. The van der Waals surface area contributed by atoms with Crippen molar-refractivity contribution < 1.29 is 24.0 Å². The molecule has 3 atom stereocenters. The maximum atomic E-state index is 13.4. The zero-order valence-corrected chi connectivity index (χ0v) is 16.9. The van der Waals surface area contributed by atoms with E-state index in [0.29, 0.717) is 18.7 Å². The number of benzene rings is 2. The number of carbonyl (C=O) groups is 3. The van der Waals surface area contributed by atoms with Crippen LogP contribution in [0.5, 0.6) is 0 Å². The number of carbonyl (C=O) groups excluding carboxylic acids is 3. The van der Waals surface area contributed by atoms with E-state index in [-0.39, 0.29) is 24.2 Å². The highest BCUT2D eigenvalue weighted by Crippen LogP contribution is 2.27. The average Bonchev–Trinajstić information content (AvgIpc) is 3.02. The van der Waals surface area contributed by atoms with Gasteiger partial charge in [-0.25, -0.2) is 9.69 Å². The molecule has 2 heterocycles. The summed E-state index contributed by atoms with van der Waals surface area (Å²) < 4.78 is 5.03. The van der Waals surface area contributed by atoms with Crippen molar-refractivity contribution in [3.63, 3.8) is 0 Å². The number of anilines is 1. The van der Waals surface area contributed by atoms with Gasteiger partial charge in [0.05, 0.1) is 19.2 Å². The van der Waals surface area contributed by atoms with Crippen molar-refractivity contribution in [2.45, 2.75) is 45.3 Å². The Labute approximate surface area is 170 Å². The minimum atomic E-state index is -0.597. The molecule has 29 heavy (non-hydrogen) atoms. The molecule has 2 amide bonds. The Bertz CT molecular complexity index is 1000. The molecule has 2 aromatic carbocycles. The van der Waals surface area contributed by atoms with Gasteiger partial charge in [-0.3, -0.25) is 9.59 Å². The standard InChI is InChI=1S/C23H24N2O4/c1-14-8-9-15(2)18(10-14)25-21(26)12-19(22(25)27)24-13-17-7-5-4-6-16(17)11-20(24)23(28)29-3/h4-10,19-20H,11-13H2,1-3H3/p+1/t19-,20+/m0/s1. The summed E-state index contributed by atoms with van der Waals surface area (Å²) in [6.45, 7) is 4.34. The van der Waals surface area contributed by atoms with E-state index in [4.69, 9.17) is 4.74 Å². The van der Waals surface area contributed by atoms with Crippen molar-refractivity contribution in [2.24, 2.45) is 0 Å². The lowest BCUT2D eigenvalue weighted by molar-refractivity contribution is -0.946. The summed E-state index contributed by atoms with van der Waals surface area (Å²) in [5.74, 6) is -0.810. The van der Waals surface area contributed by atoms with Gasteiger partial charge in [0.1, 0.15) is 6.54 Å². The number of methoxy groups -OCH3 is 1. The van der Waals surface area contributed by atoms with Crippen molar-refractivity contribution in [2.75, 3.05) is 12.0 Å². The number of nitrogens with zero attached hydrogens (tertiary/aromatic N) is 1. The van der Waals surface area contributed by atoms with Crippen LogP contribution in [0.2, 0.25) is 0 Å². The van der Waals surface area contributed by atoms with Gasteiger partial charge < -0.3 is 9.64 Å². The molecule has 2 aliphatic heterocycles. The molecule has 0 spiro atoms. The fraction of sp³-hybridized carbons (Fsp3) is 0.348. The van der Waals surface area contributed by atoms with E-state index in [2.05, 4.69) is 0 Å². The van der Waals surface area contributed by atoms with Gasteiger partial charge in [0.2, 0.25) is 5.91 Å². The first-order valence-electron chi connectivity index (χ1n) is 9.85. The van der Waals surface area contributed by atoms with Gasteiger partial charge in [-0.05, 0) is 36.6 Å². The fourth-order valence-corrected chi connectivity index (χ4v) is 4.50. The van der Waals surface area contributed by atoms with E-state index in [1.54, 1.807) is 0 Å². The van der Waals surface area contributed by atoms with Crippen LogP contribution in [0.1, 0.15) is 28.7 Å². The third kappa shape index (κ3) is 3.34. The number of hydrogen-bond acceptors (Lipinski definition) is 4. The number of amides is 2. The molecule has 1 saturated heterocycles. The Balaban J connectivity index is 1.70. The summed E-state index contributed by atoms with van der Waals surface area (Å²) in [5.41, 5.74) is 4.69. The minimum absolute atomic E-state index is 0.0945. The number of rotatable bonds is 3. The molecule has 150 valence electrons. The second kappa shape index (κ2) is 7.44. The summed E-state index contributed by atoms with van der Waals surface area (Å²) in [6.07, 6.45) is 0.594. The van der Waals surface area contributed by atoms with Gasteiger partial charge in [0.15, 0.2) is 12.1 Å². The Hall–Kier alpha value is -2.99. The maximum absolute atomic E-state index is 13.4. The van der Waals surface area contributed by atoms with Crippen LogP contribution in [-0.4, -0.2) is 37.0 Å². The Morgan fingerprint density at radius 1 is 1.07 bits per heavy atom. The first-order chi connectivity index (χ1) is 13.9. The smallest absolute Gasteiger partial charge is 0.365 e. The van der Waals surface area contributed by atoms with E-state index < -0.39 is 12.1 Å².